The van der Waals surface area contributed by atoms with E-state index in [9.17, 15) is 4.79 Å². The SMILES string of the molecule is Cl.O=C(CCC1CCNC1)N(Cc1ccc2c(c1)OCO2)C1CCCCC1. The molecule has 4 rings (SSSR count). The highest BCUT2D eigenvalue weighted by atomic mass is 35.5. The maximum absolute atomic E-state index is 13.1. The number of halogens is 1. The standard InChI is InChI=1S/C21H30N2O3.ClH/c24-21(9-7-16-10-11-22-13-16)23(18-4-2-1-3-5-18)14-17-6-8-19-20(12-17)26-15-25-19;/h6,8,12,16,18,22H,1-5,7,9-11,13-15H2;1H. The third kappa shape index (κ3) is 5.08. The van der Waals surface area contributed by atoms with Crippen LogP contribution in [0.1, 0.15) is 56.9 Å². The van der Waals surface area contributed by atoms with Gasteiger partial charge in [-0.05, 0) is 62.4 Å². The molecule has 3 aliphatic rings. The molecule has 5 nitrogen and oxygen atoms in total. The number of ether oxygens (including phenoxy) is 2. The van der Waals surface area contributed by atoms with Gasteiger partial charge in [-0.3, -0.25) is 4.79 Å². The Morgan fingerprint density at radius 1 is 1.11 bits per heavy atom. The molecule has 0 radical (unpaired) electrons. The van der Waals surface area contributed by atoms with Gasteiger partial charge in [0, 0.05) is 19.0 Å². The summed E-state index contributed by atoms with van der Waals surface area (Å²) in [5.74, 6) is 2.59. The number of benzene rings is 1. The zero-order chi connectivity index (χ0) is 17.8. The van der Waals surface area contributed by atoms with E-state index in [4.69, 9.17) is 9.47 Å². The van der Waals surface area contributed by atoms with E-state index >= 15 is 0 Å². The summed E-state index contributed by atoms with van der Waals surface area (Å²) in [7, 11) is 0. The number of amides is 1. The first-order valence-electron chi connectivity index (χ1n) is 10.2. The Kier molecular flexibility index (Phi) is 7.25. The number of carbonyl (C=O) groups is 1. The molecule has 2 aliphatic heterocycles. The van der Waals surface area contributed by atoms with Gasteiger partial charge in [-0.2, -0.15) is 0 Å². The van der Waals surface area contributed by atoms with Crippen LogP contribution in [-0.2, 0) is 11.3 Å². The maximum atomic E-state index is 13.1. The third-order valence-electron chi connectivity index (χ3n) is 6.05. The van der Waals surface area contributed by atoms with E-state index in [-0.39, 0.29) is 12.4 Å². The first-order chi connectivity index (χ1) is 12.8. The minimum atomic E-state index is 0. The quantitative estimate of drug-likeness (QED) is 0.795. The number of nitrogens with one attached hydrogen (secondary N) is 1. The fourth-order valence-corrected chi connectivity index (χ4v) is 4.48. The van der Waals surface area contributed by atoms with Crippen LogP contribution in [0.2, 0.25) is 0 Å². The number of carbonyl (C=O) groups excluding carboxylic acids is 1. The first-order valence-corrected chi connectivity index (χ1v) is 10.2. The lowest BCUT2D eigenvalue weighted by atomic mass is 9.93. The molecule has 1 amide bonds. The second-order valence-electron chi connectivity index (χ2n) is 7.90. The van der Waals surface area contributed by atoms with Crippen molar-refractivity contribution in [2.24, 2.45) is 5.92 Å². The molecular formula is C21H31ClN2O3. The van der Waals surface area contributed by atoms with Crippen LogP contribution in [0.3, 0.4) is 0 Å². The van der Waals surface area contributed by atoms with Crippen molar-refractivity contribution in [1.82, 2.24) is 10.2 Å². The van der Waals surface area contributed by atoms with E-state index < -0.39 is 0 Å². The molecule has 2 fully saturated rings. The highest BCUT2D eigenvalue weighted by Gasteiger charge is 2.27. The van der Waals surface area contributed by atoms with Crippen molar-refractivity contribution in [2.75, 3.05) is 19.9 Å². The molecule has 2 heterocycles. The van der Waals surface area contributed by atoms with E-state index in [0.29, 0.717) is 37.6 Å². The number of nitrogens with zero attached hydrogens (tertiary/aromatic N) is 1. The van der Waals surface area contributed by atoms with Gasteiger partial charge in [0.25, 0.3) is 0 Å². The molecule has 27 heavy (non-hydrogen) atoms. The van der Waals surface area contributed by atoms with Crippen molar-refractivity contribution in [3.05, 3.63) is 23.8 Å². The third-order valence-corrected chi connectivity index (χ3v) is 6.05. The first kappa shape index (κ1) is 20.3. The molecule has 1 aromatic carbocycles. The lowest BCUT2D eigenvalue weighted by molar-refractivity contribution is -0.135. The van der Waals surface area contributed by atoms with E-state index in [1.807, 2.05) is 12.1 Å². The van der Waals surface area contributed by atoms with Gasteiger partial charge in [0.05, 0.1) is 0 Å². The minimum absolute atomic E-state index is 0. The predicted molar refractivity (Wildman–Crippen MR) is 107 cm³/mol. The van der Waals surface area contributed by atoms with E-state index in [2.05, 4.69) is 16.3 Å². The topological polar surface area (TPSA) is 50.8 Å². The number of hydrogen-bond acceptors (Lipinski definition) is 4. The van der Waals surface area contributed by atoms with Crippen LogP contribution < -0.4 is 14.8 Å². The molecule has 0 aromatic heterocycles. The monoisotopic (exact) mass is 394 g/mol. The second kappa shape index (κ2) is 9.65. The Balaban J connectivity index is 0.00000210. The Labute approximate surface area is 168 Å². The predicted octanol–water partition coefficient (Wildman–Crippen LogP) is 3.89. The van der Waals surface area contributed by atoms with Crippen molar-refractivity contribution in [2.45, 2.75) is 64.0 Å². The van der Waals surface area contributed by atoms with Crippen molar-refractivity contribution < 1.29 is 14.3 Å². The van der Waals surface area contributed by atoms with Crippen molar-refractivity contribution in [3.63, 3.8) is 0 Å². The molecular weight excluding hydrogens is 364 g/mol. The van der Waals surface area contributed by atoms with Crippen LogP contribution in [0.25, 0.3) is 0 Å². The molecule has 0 spiro atoms. The maximum Gasteiger partial charge on any atom is 0.231 e. The van der Waals surface area contributed by atoms with E-state index in [0.717, 1.165) is 49.4 Å². The van der Waals surface area contributed by atoms with Crippen LogP contribution in [0.5, 0.6) is 11.5 Å². The van der Waals surface area contributed by atoms with Crippen LogP contribution in [0.15, 0.2) is 18.2 Å². The summed E-state index contributed by atoms with van der Waals surface area (Å²) < 4.78 is 10.9. The van der Waals surface area contributed by atoms with Crippen molar-refractivity contribution in [3.8, 4) is 11.5 Å². The minimum Gasteiger partial charge on any atom is -0.454 e. The number of fused-ring (bicyclic) bond motifs is 1. The molecule has 1 aliphatic carbocycles. The number of hydrogen-bond donors (Lipinski definition) is 1. The Hall–Kier alpha value is -1.46. The van der Waals surface area contributed by atoms with Gasteiger partial charge in [0.15, 0.2) is 11.5 Å². The average Bonchev–Trinajstić information content (AvgIpc) is 3.36. The van der Waals surface area contributed by atoms with Gasteiger partial charge in [-0.15, -0.1) is 12.4 Å². The average molecular weight is 395 g/mol. The van der Waals surface area contributed by atoms with Crippen molar-refractivity contribution in [1.29, 1.82) is 0 Å². The van der Waals surface area contributed by atoms with Gasteiger partial charge < -0.3 is 19.7 Å². The normalized spacial score (nSPS) is 21.7. The summed E-state index contributed by atoms with van der Waals surface area (Å²) in [6, 6.07) is 6.46. The van der Waals surface area contributed by atoms with Crippen LogP contribution in [-0.4, -0.2) is 36.7 Å². The highest BCUT2D eigenvalue weighted by Crippen LogP contribution is 2.34. The van der Waals surface area contributed by atoms with Crippen molar-refractivity contribution >= 4 is 18.3 Å². The zero-order valence-electron chi connectivity index (χ0n) is 16.0. The molecule has 1 saturated heterocycles. The Morgan fingerprint density at radius 2 is 1.93 bits per heavy atom. The van der Waals surface area contributed by atoms with Crippen LogP contribution in [0, 0.1) is 5.92 Å². The molecule has 6 heteroatoms. The lowest BCUT2D eigenvalue weighted by Crippen LogP contribution is -2.41. The summed E-state index contributed by atoms with van der Waals surface area (Å²) in [4.78, 5) is 15.2. The van der Waals surface area contributed by atoms with Gasteiger partial charge in [-0.25, -0.2) is 0 Å². The van der Waals surface area contributed by atoms with Gasteiger partial charge in [-0.1, -0.05) is 25.3 Å². The smallest absolute Gasteiger partial charge is 0.231 e. The largest absolute Gasteiger partial charge is 0.454 e. The fraction of sp³-hybridized carbons (Fsp3) is 0.667. The highest BCUT2D eigenvalue weighted by molar-refractivity contribution is 5.85. The van der Waals surface area contributed by atoms with E-state index in [1.165, 1.54) is 25.7 Å². The second-order valence-corrected chi connectivity index (χ2v) is 7.90. The summed E-state index contributed by atoms with van der Waals surface area (Å²) >= 11 is 0. The fourth-order valence-electron chi connectivity index (χ4n) is 4.48. The van der Waals surface area contributed by atoms with Crippen LogP contribution in [0.4, 0.5) is 0 Å². The molecule has 150 valence electrons. The Morgan fingerprint density at radius 3 is 2.70 bits per heavy atom. The van der Waals surface area contributed by atoms with E-state index in [1.54, 1.807) is 0 Å². The molecule has 1 atom stereocenters. The molecule has 1 unspecified atom stereocenters. The van der Waals surface area contributed by atoms with Gasteiger partial charge in [0.1, 0.15) is 0 Å². The summed E-state index contributed by atoms with van der Waals surface area (Å²) in [5.41, 5.74) is 1.13. The molecule has 1 saturated carbocycles. The lowest BCUT2D eigenvalue weighted by Gasteiger charge is -2.35. The van der Waals surface area contributed by atoms with Crippen LogP contribution >= 0.6 is 12.4 Å². The number of rotatable bonds is 6. The summed E-state index contributed by atoms with van der Waals surface area (Å²) in [5, 5.41) is 3.40. The van der Waals surface area contributed by atoms with Gasteiger partial charge in [0.2, 0.25) is 12.7 Å². The summed E-state index contributed by atoms with van der Waals surface area (Å²) in [6.45, 7) is 3.14. The molecule has 0 bridgehead atoms. The Bertz CT molecular complexity index is 628. The van der Waals surface area contributed by atoms with Gasteiger partial charge >= 0.3 is 0 Å². The molecule has 1 N–H and O–H groups in total. The molecule has 1 aromatic rings. The zero-order valence-corrected chi connectivity index (χ0v) is 16.8. The summed E-state index contributed by atoms with van der Waals surface area (Å²) in [6.07, 6.45) is 8.95.